The third-order valence-electron chi connectivity index (χ3n) is 2.81. The van der Waals surface area contributed by atoms with E-state index in [9.17, 15) is 0 Å². The predicted octanol–water partition coefficient (Wildman–Crippen LogP) is 4.85. The van der Waals surface area contributed by atoms with Gasteiger partial charge in [-0.2, -0.15) is 0 Å². The van der Waals surface area contributed by atoms with Gasteiger partial charge in [0.05, 0.1) is 0 Å². The van der Waals surface area contributed by atoms with Crippen molar-refractivity contribution in [1.29, 1.82) is 0 Å². The standard InChI is InChI=1S/C10H15.CH3Cl2Ge/c1-6-7(2)9(4)10(5)8(6)3;1-4(2)3/h1-5H3;1H3. The second-order valence-electron chi connectivity index (χ2n) is 3.57. The summed E-state index contributed by atoms with van der Waals surface area (Å²) >= 11 is -1.39. The molecule has 0 saturated carbocycles. The van der Waals surface area contributed by atoms with Gasteiger partial charge in [-0.1, -0.05) is 18.1 Å². The van der Waals surface area contributed by atoms with E-state index in [0.29, 0.717) is 0 Å². The molecule has 0 N–H and O–H groups in total. The summed E-state index contributed by atoms with van der Waals surface area (Å²) in [7, 11) is 10.4. The zero-order valence-electron chi connectivity index (χ0n) is 9.76. The summed E-state index contributed by atoms with van der Waals surface area (Å²) in [4.78, 5) is 0. The Morgan fingerprint density at radius 1 is 0.714 bits per heavy atom. The molecule has 0 aliphatic heterocycles. The molecule has 2 radical (unpaired) electrons. The van der Waals surface area contributed by atoms with Crippen LogP contribution in [0.15, 0.2) is 22.3 Å². The molecule has 0 bridgehead atoms. The van der Waals surface area contributed by atoms with Gasteiger partial charge in [0.2, 0.25) is 0 Å². The Bertz CT molecular complexity index is 238. The van der Waals surface area contributed by atoms with Crippen molar-refractivity contribution in [2.24, 2.45) is 0 Å². The Labute approximate surface area is 101 Å². The number of rotatable bonds is 0. The first kappa shape index (κ1) is 14.6. The molecule has 1 aliphatic carbocycles. The maximum atomic E-state index is 5.21. The summed E-state index contributed by atoms with van der Waals surface area (Å²) in [6, 6.07) is 0. The molecular weight excluding hydrogens is 276 g/mol. The van der Waals surface area contributed by atoms with Crippen molar-refractivity contribution in [3.05, 3.63) is 28.2 Å². The number of halogens is 2. The summed E-state index contributed by atoms with van der Waals surface area (Å²) in [5.41, 5.74) is 5.87. The summed E-state index contributed by atoms with van der Waals surface area (Å²) in [6.07, 6.45) is 0. The first-order valence-electron chi connectivity index (χ1n) is 4.63. The van der Waals surface area contributed by atoms with E-state index in [2.05, 4.69) is 34.6 Å². The minimum atomic E-state index is -1.39. The molecule has 0 aromatic rings. The van der Waals surface area contributed by atoms with Crippen molar-refractivity contribution < 1.29 is 0 Å². The van der Waals surface area contributed by atoms with Crippen molar-refractivity contribution in [2.75, 3.05) is 0 Å². The van der Waals surface area contributed by atoms with Crippen molar-refractivity contribution in [3.63, 3.8) is 0 Å². The molecule has 80 valence electrons. The topological polar surface area (TPSA) is 0 Å². The van der Waals surface area contributed by atoms with Crippen LogP contribution in [0.2, 0.25) is 5.76 Å². The summed E-state index contributed by atoms with van der Waals surface area (Å²) in [6.45, 7) is 11.0. The molecule has 0 saturated heterocycles. The summed E-state index contributed by atoms with van der Waals surface area (Å²) in [5, 5.41) is 0. The first-order valence-corrected chi connectivity index (χ1v) is 12.2. The molecule has 0 aromatic heterocycles. The predicted molar refractivity (Wildman–Crippen MR) is 69.0 cm³/mol. The molecule has 14 heavy (non-hydrogen) atoms. The van der Waals surface area contributed by atoms with Gasteiger partial charge in [-0.15, -0.1) is 0 Å². The quantitative estimate of drug-likeness (QED) is 0.560. The zero-order chi connectivity index (χ0) is 11.5. The van der Waals surface area contributed by atoms with E-state index in [-0.39, 0.29) is 0 Å². The minimum absolute atomic E-state index is 1.39. The Kier molecular flexibility index (Phi) is 6.51. The maximum absolute atomic E-state index is 5.21. The van der Waals surface area contributed by atoms with Crippen molar-refractivity contribution >= 4 is 32.5 Å². The van der Waals surface area contributed by atoms with Gasteiger partial charge in [-0.05, 0) is 38.8 Å². The third-order valence-corrected chi connectivity index (χ3v) is 2.81. The van der Waals surface area contributed by atoms with Crippen LogP contribution in [-0.4, -0.2) is 12.5 Å². The third kappa shape index (κ3) is 4.00. The Morgan fingerprint density at radius 3 is 1.00 bits per heavy atom. The fraction of sp³-hybridized carbons (Fsp3) is 0.545. The molecule has 0 amide bonds. The van der Waals surface area contributed by atoms with Crippen LogP contribution >= 0.6 is 20.0 Å². The molecule has 0 spiro atoms. The average molecular weight is 294 g/mol. The molecule has 0 nitrogen and oxygen atoms in total. The zero-order valence-corrected chi connectivity index (χ0v) is 13.4. The van der Waals surface area contributed by atoms with Crippen LogP contribution in [0.5, 0.6) is 0 Å². The van der Waals surface area contributed by atoms with Crippen molar-refractivity contribution in [2.45, 2.75) is 40.4 Å². The summed E-state index contributed by atoms with van der Waals surface area (Å²) < 4.78 is 0. The fourth-order valence-corrected chi connectivity index (χ4v) is 1.41. The molecule has 1 rings (SSSR count). The van der Waals surface area contributed by atoms with Gasteiger partial charge in [0.25, 0.3) is 0 Å². The Hall–Kier alpha value is 0.603. The van der Waals surface area contributed by atoms with Crippen molar-refractivity contribution in [1.82, 2.24) is 0 Å². The van der Waals surface area contributed by atoms with E-state index in [1.54, 1.807) is 0 Å². The van der Waals surface area contributed by atoms with Crippen LogP contribution in [0.1, 0.15) is 34.6 Å². The number of hydrogen-bond acceptors (Lipinski definition) is 0. The van der Waals surface area contributed by atoms with E-state index < -0.39 is 12.5 Å². The average Bonchev–Trinajstić information content (AvgIpc) is 2.23. The molecule has 0 aromatic carbocycles. The monoisotopic (exact) mass is 294 g/mol. The molecule has 0 fully saturated rings. The van der Waals surface area contributed by atoms with Gasteiger partial charge in [0, 0.05) is 5.92 Å². The molecular formula is C11H18Cl2Ge. The van der Waals surface area contributed by atoms with E-state index in [4.69, 9.17) is 20.0 Å². The van der Waals surface area contributed by atoms with Crippen LogP contribution in [0, 0.1) is 5.92 Å². The van der Waals surface area contributed by atoms with Crippen LogP contribution < -0.4 is 0 Å². The second kappa shape index (κ2) is 6.24. The molecule has 0 heterocycles. The fourth-order valence-electron chi connectivity index (χ4n) is 1.41. The van der Waals surface area contributed by atoms with Gasteiger partial charge in [0.15, 0.2) is 0 Å². The van der Waals surface area contributed by atoms with Gasteiger partial charge >= 0.3 is 38.3 Å². The van der Waals surface area contributed by atoms with E-state index in [0.717, 1.165) is 0 Å². The van der Waals surface area contributed by atoms with Gasteiger partial charge in [-0.3, -0.25) is 0 Å². The SMILES string of the molecule is C[C]1C(C)=C(C)C(C)=C1C.[CH3][Ge]([Cl])[Cl]. The van der Waals surface area contributed by atoms with Gasteiger partial charge in [0.1, 0.15) is 0 Å². The molecule has 1 aliphatic rings. The van der Waals surface area contributed by atoms with E-state index >= 15 is 0 Å². The normalized spacial score (nSPS) is 17.8. The van der Waals surface area contributed by atoms with Crippen LogP contribution in [-0.2, 0) is 0 Å². The molecule has 0 atom stereocenters. The van der Waals surface area contributed by atoms with Crippen molar-refractivity contribution in [3.8, 4) is 0 Å². The molecule has 0 unspecified atom stereocenters. The Balaban J connectivity index is 0.000000364. The van der Waals surface area contributed by atoms with Gasteiger partial charge in [-0.25, -0.2) is 0 Å². The summed E-state index contributed by atoms with van der Waals surface area (Å²) in [5.74, 6) is 3.33. The number of allylic oxidation sites excluding steroid dienone is 4. The van der Waals surface area contributed by atoms with Crippen LogP contribution in [0.3, 0.4) is 0 Å². The second-order valence-corrected chi connectivity index (χ2v) is 12.4. The van der Waals surface area contributed by atoms with Gasteiger partial charge < -0.3 is 0 Å². The Morgan fingerprint density at radius 2 is 0.929 bits per heavy atom. The van der Waals surface area contributed by atoms with Crippen LogP contribution in [0.4, 0.5) is 0 Å². The van der Waals surface area contributed by atoms with E-state index in [1.165, 1.54) is 28.2 Å². The molecule has 3 heteroatoms. The van der Waals surface area contributed by atoms with Crippen LogP contribution in [0.25, 0.3) is 0 Å². The first-order chi connectivity index (χ1) is 6.29. The van der Waals surface area contributed by atoms with E-state index in [1.807, 2.05) is 5.76 Å². The number of hydrogen-bond donors (Lipinski definition) is 0.